The van der Waals surface area contributed by atoms with E-state index in [0.29, 0.717) is 0 Å². The van der Waals surface area contributed by atoms with E-state index in [1.54, 1.807) is 0 Å². The van der Waals surface area contributed by atoms with Gasteiger partial charge in [0.1, 0.15) is 12.6 Å². The predicted octanol–water partition coefficient (Wildman–Crippen LogP) is 0.607. The molecule has 1 amide bonds. The van der Waals surface area contributed by atoms with Crippen LogP contribution in [0.15, 0.2) is 12.7 Å². The second kappa shape index (κ2) is 8.14. The van der Waals surface area contributed by atoms with Crippen molar-refractivity contribution < 1.29 is 29.3 Å². The molecule has 0 aromatic heterocycles. The fourth-order valence-corrected chi connectivity index (χ4v) is 1.03. The first-order valence-corrected chi connectivity index (χ1v) is 4.96. The minimum atomic E-state index is -1.23. The summed E-state index contributed by atoms with van der Waals surface area (Å²) in [4.78, 5) is 32.0. The summed E-state index contributed by atoms with van der Waals surface area (Å²) in [5.74, 6) is -2.24. The molecule has 0 aliphatic rings. The van der Waals surface area contributed by atoms with Crippen LogP contribution in [-0.2, 0) is 14.3 Å². The van der Waals surface area contributed by atoms with E-state index in [0.717, 1.165) is 0 Å². The zero-order valence-electron chi connectivity index (χ0n) is 9.22. The third-order valence-corrected chi connectivity index (χ3v) is 1.81. The van der Waals surface area contributed by atoms with Crippen LogP contribution in [0.4, 0.5) is 4.79 Å². The van der Waals surface area contributed by atoms with Crippen molar-refractivity contribution in [3.05, 3.63) is 12.7 Å². The molecule has 7 heteroatoms. The molecule has 0 unspecified atom stereocenters. The molecule has 1 atom stereocenters. The highest BCUT2D eigenvalue weighted by Gasteiger charge is 2.20. The summed E-state index contributed by atoms with van der Waals surface area (Å²) in [5.41, 5.74) is 0. The van der Waals surface area contributed by atoms with E-state index in [9.17, 15) is 14.4 Å². The van der Waals surface area contributed by atoms with Crippen LogP contribution in [0, 0.1) is 0 Å². The average molecular weight is 245 g/mol. The summed E-state index contributed by atoms with van der Waals surface area (Å²) in [6, 6.07) is -1.15. The molecule has 0 aliphatic carbocycles. The molecule has 0 fully saturated rings. The van der Waals surface area contributed by atoms with E-state index >= 15 is 0 Å². The van der Waals surface area contributed by atoms with E-state index in [1.165, 1.54) is 6.08 Å². The monoisotopic (exact) mass is 245 g/mol. The van der Waals surface area contributed by atoms with Crippen molar-refractivity contribution in [2.24, 2.45) is 0 Å². The molecule has 17 heavy (non-hydrogen) atoms. The summed E-state index contributed by atoms with van der Waals surface area (Å²) in [6.45, 7) is 3.31. The Hall–Kier alpha value is -2.05. The van der Waals surface area contributed by atoms with E-state index in [1.807, 2.05) is 0 Å². The minimum absolute atomic E-state index is 0.0205. The molecular formula is C10H15NO6. The van der Waals surface area contributed by atoms with Gasteiger partial charge in [-0.05, 0) is 12.8 Å². The number of nitrogens with one attached hydrogen (secondary N) is 1. The molecule has 0 bridgehead atoms. The summed E-state index contributed by atoms with van der Waals surface area (Å²) in [5, 5.41) is 19.3. The van der Waals surface area contributed by atoms with Crippen LogP contribution < -0.4 is 5.32 Å². The topological polar surface area (TPSA) is 113 Å². The molecule has 96 valence electrons. The Morgan fingerprint density at radius 1 is 1.35 bits per heavy atom. The molecule has 0 aromatic carbocycles. The second-order valence-corrected chi connectivity index (χ2v) is 3.21. The highest BCUT2D eigenvalue weighted by molar-refractivity contribution is 5.79. The molecule has 0 saturated heterocycles. The molecule has 0 aliphatic heterocycles. The Labute approximate surface area is 98.1 Å². The van der Waals surface area contributed by atoms with Gasteiger partial charge < -0.3 is 20.3 Å². The van der Waals surface area contributed by atoms with Crippen molar-refractivity contribution in [2.45, 2.75) is 25.3 Å². The lowest BCUT2D eigenvalue weighted by atomic mass is 10.1. The van der Waals surface area contributed by atoms with Gasteiger partial charge in [-0.1, -0.05) is 12.7 Å². The van der Waals surface area contributed by atoms with Gasteiger partial charge in [-0.15, -0.1) is 0 Å². The number of hydrogen-bond acceptors (Lipinski definition) is 4. The predicted molar refractivity (Wildman–Crippen MR) is 57.6 cm³/mol. The lowest BCUT2D eigenvalue weighted by molar-refractivity contribution is -0.141. The van der Waals surface area contributed by atoms with Crippen molar-refractivity contribution in [1.82, 2.24) is 5.32 Å². The van der Waals surface area contributed by atoms with E-state index < -0.39 is 24.1 Å². The molecule has 0 spiro atoms. The molecular weight excluding hydrogens is 230 g/mol. The van der Waals surface area contributed by atoms with Crippen molar-refractivity contribution in [3.8, 4) is 0 Å². The van der Waals surface area contributed by atoms with Crippen LogP contribution in [0.5, 0.6) is 0 Å². The smallest absolute Gasteiger partial charge is 0.408 e. The second-order valence-electron chi connectivity index (χ2n) is 3.21. The van der Waals surface area contributed by atoms with Crippen LogP contribution in [0.25, 0.3) is 0 Å². The number of ether oxygens (including phenoxy) is 1. The fraction of sp³-hybridized carbons (Fsp3) is 0.500. The quantitative estimate of drug-likeness (QED) is 0.540. The van der Waals surface area contributed by atoms with E-state index in [-0.39, 0.29) is 25.9 Å². The van der Waals surface area contributed by atoms with Gasteiger partial charge in [0.2, 0.25) is 0 Å². The van der Waals surface area contributed by atoms with Crippen molar-refractivity contribution in [3.63, 3.8) is 0 Å². The van der Waals surface area contributed by atoms with Crippen molar-refractivity contribution in [1.29, 1.82) is 0 Å². The molecule has 0 heterocycles. The summed E-state index contributed by atoms with van der Waals surface area (Å²) >= 11 is 0. The number of carbonyl (C=O) groups is 3. The van der Waals surface area contributed by atoms with E-state index in [2.05, 4.69) is 16.6 Å². The van der Waals surface area contributed by atoms with Gasteiger partial charge in [-0.3, -0.25) is 4.79 Å². The standard InChI is InChI=1S/C10H15NO6/c1-2-6-17-10(16)11-7(9(14)15)4-3-5-8(12)13/h2,7H,1,3-6H2,(H,11,16)(H,12,13)(H,14,15)/t7-/m0/s1. The summed E-state index contributed by atoms with van der Waals surface area (Å²) in [6.07, 6.45) is 0.527. The average Bonchev–Trinajstić information content (AvgIpc) is 2.24. The lowest BCUT2D eigenvalue weighted by Crippen LogP contribution is -2.41. The highest BCUT2D eigenvalue weighted by Crippen LogP contribution is 2.02. The number of carboxylic acid groups (broad SMARTS) is 2. The Morgan fingerprint density at radius 3 is 2.47 bits per heavy atom. The first kappa shape index (κ1) is 14.9. The maximum absolute atomic E-state index is 11.1. The molecule has 0 rings (SSSR count). The van der Waals surface area contributed by atoms with Crippen LogP contribution in [0.1, 0.15) is 19.3 Å². The zero-order chi connectivity index (χ0) is 13.3. The first-order valence-electron chi connectivity index (χ1n) is 4.96. The maximum atomic E-state index is 11.1. The summed E-state index contributed by atoms with van der Waals surface area (Å²) in [7, 11) is 0. The lowest BCUT2D eigenvalue weighted by Gasteiger charge is -2.13. The van der Waals surface area contributed by atoms with Gasteiger partial charge in [0.25, 0.3) is 0 Å². The number of hydrogen-bond donors (Lipinski definition) is 3. The molecule has 7 nitrogen and oxygen atoms in total. The number of amides is 1. The fourth-order valence-electron chi connectivity index (χ4n) is 1.03. The number of aliphatic carboxylic acids is 2. The van der Waals surface area contributed by atoms with Gasteiger partial charge in [0, 0.05) is 6.42 Å². The van der Waals surface area contributed by atoms with Gasteiger partial charge >= 0.3 is 18.0 Å². The minimum Gasteiger partial charge on any atom is -0.481 e. The zero-order valence-corrected chi connectivity index (χ0v) is 9.22. The normalized spacial score (nSPS) is 11.3. The largest absolute Gasteiger partial charge is 0.481 e. The number of rotatable bonds is 8. The SMILES string of the molecule is C=CCOC(=O)N[C@@H](CCCC(=O)O)C(=O)O. The Bertz CT molecular complexity index is 301. The number of carbonyl (C=O) groups excluding carboxylic acids is 1. The van der Waals surface area contributed by atoms with Crippen LogP contribution in [0.2, 0.25) is 0 Å². The van der Waals surface area contributed by atoms with Crippen LogP contribution in [-0.4, -0.2) is 40.9 Å². The Kier molecular flexibility index (Phi) is 7.16. The number of carboxylic acids is 2. The molecule has 3 N–H and O–H groups in total. The molecule has 0 saturated carbocycles. The molecule has 0 radical (unpaired) electrons. The van der Waals surface area contributed by atoms with Crippen LogP contribution >= 0.6 is 0 Å². The maximum Gasteiger partial charge on any atom is 0.408 e. The molecule has 0 aromatic rings. The third kappa shape index (κ3) is 7.83. The van der Waals surface area contributed by atoms with Gasteiger partial charge in [-0.25, -0.2) is 9.59 Å². The number of alkyl carbamates (subject to hydrolysis) is 1. The van der Waals surface area contributed by atoms with Crippen LogP contribution in [0.3, 0.4) is 0 Å². The Morgan fingerprint density at radius 2 is 2.00 bits per heavy atom. The van der Waals surface area contributed by atoms with Gasteiger partial charge in [0.05, 0.1) is 0 Å². The highest BCUT2D eigenvalue weighted by atomic mass is 16.5. The van der Waals surface area contributed by atoms with E-state index in [4.69, 9.17) is 10.2 Å². The first-order chi connectivity index (χ1) is 7.97. The summed E-state index contributed by atoms with van der Waals surface area (Å²) < 4.78 is 4.55. The van der Waals surface area contributed by atoms with Gasteiger partial charge in [-0.2, -0.15) is 0 Å². The third-order valence-electron chi connectivity index (χ3n) is 1.81. The van der Waals surface area contributed by atoms with Gasteiger partial charge in [0.15, 0.2) is 0 Å². The van der Waals surface area contributed by atoms with Crippen molar-refractivity contribution >= 4 is 18.0 Å². The Balaban J connectivity index is 4.05. The van der Waals surface area contributed by atoms with Crippen molar-refractivity contribution in [2.75, 3.05) is 6.61 Å².